The van der Waals surface area contributed by atoms with Crippen LogP contribution in [-0.4, -0.2) is 38.5 Å². The number of aromatic nitrogens is 3. The van der Waals surface area contributed by atoms with Gasteiger partial charge >= 0.3 is 0 Å². The smallest absolute Gasteiger partial charge is 0.227 e. The first-order chi connectivity index (χ1) is 14.3. The highest BCUT2D eigenvalue weighted by molar-refractivity contribution is 5.77. The van der Waals surface area contributed by atoms with E-state index in [0.29, 0.717) is 30.5 Å². The summed E-state index contributed by atoms with van der Waals surface area (Å²) < 4.78 is 5.34. The van der Waals surface area contributed by atoms with Crippen LogP contribution in [0.3, 0.4) is 0 Å². The third kappa shape index (κ3) is 4.36. The van der Waals surface area contributed by atoms with Crippen molar-refractivity contribution in [2.75, 3.05) is 6.54 Å². The summed E-state index contributed by atoms with van der Waals surface area (Å²) >= 11 is 0. The molecule has 0 N–H and O–H groups in total. The van der Waals surface area contributed by atoms with E-state index in [4.69, 9.17) is 4.52 Å². The first kappa shape index (κ1) is 19.3. The summed E-state index contributed by atoms with van der Waals surface area (Å²) in [6.45, 7) is 3.04. The third-order valence-electron chi connectivity index (χ3n) is 5.69. The molecule has 6 heteroatoms. The van der Waals surface area contributed by atoms with Crippen molar-refractivity contribution in [1.82, 2.24) is 20.0 Å². The van der Waals surface area contributed by atoms with Crippen molar-refractivity contribution in [3.05, 3.63) is 66.3 Å². The Morgan fingerprint density at radius 1 is 1.24 bits per heavy atom. The second-order valence-electron chi connectivity index (χ2n) is 7.48. The van der Waals surface area contributed by atoms with Crippen LogP contribution in [0.25, 0.3) is 11.4 Å². The molecule has 0 saturated carbocycles. The van der Waals surface area contributed by atoms with Crippen LogP contribution in [0.4, 0.5) is 0 Å². The monoisotopic (exact) mass is 390 g/mol. The molecule has 0 radical (unpaired) electrons. The predicted molar refractivity (Wildman–Crippen MR) is 110 cm³/mol. The van der Waals surface area contributed by atoms with Crippen LogP contribution in [0.5, 0.6) is 0 Å². The molecule has 0 spiro atoms. The van der Waals surface area contributed by atoms with Gasteiger partial charge in [0.15, 0.2) is 0 Å². The highest BCUT2D eigenvalue weighted by atomic mass is 16.5. The fraction of sp³-hybridized carbons (Fsp3) is 0.391. The molecule has 3 heterocycles. The van der Waals surface area contributed by atoms with Gasteiger partial charge in [-0.2, -0.15) is 4.98 Å². The van der Waals surface area contributed by atoms with Crippen LogP contribution >= 0.6 is 0 Å². The van der Waals surface area contributed by atoms with E-state index in [1.807, 2.05) is 18.2 Å². The number of carbonyl (C=O) groups excluding carboxylic acids is 1. The fourth-order valence-corrected chi connectivity index (χ4v) is 4.28. The summed E-state index contributed by atoms with van der Waals surface area (Å²) in [7, 11) is 0. The highest BCUT2D eigenvalue weighted by Crippen LogP contribution is 2.34. The van der Waals surface area contributed by atoms with Gasteiger partial charge in [0.25, 0.3) is 0 Å². The summed E-state index contributed by atoms with van der Waals surface area (Å²) in [6, 6.07) is 14.5. The maximum absolute atomic E-state index is 13.0. The minimum Gasteiger partial charge on any atom is -0.339 e. The van der Waals surface area contributed by atoms with Crippen molar-refractivity contribution in [3.63, 3.8) is 0 Å². The van der Waals surface area contributed by atoms with E-state index in [-0.39, 0.29) is 11.9 Å². The summed E-state index contributed by atoms with van der Waals surface area (Å²) in [5.41, 5.74) is 2.12. The molecule has 1 fully saturated rings. The molecule has 0 bridgehead atoms. The number of amides is 1. The Bertz CT molecular complexity index is 926. The van der Waals surface area contributed by atoms with E-state index in [1.54, 1.807) is 12.4 Å². The summed E-state index contributed by atoms with van der Waals surface area (Å²) in [6.07, 6.45) is 7.39. The summed E-state index contributed by atoms with van der Waals surface area (Å²) in [4.78, 5) is 23.5. The van der Waals surface area contributed by atoms with Crippen molar-refractivity contribution in [2.45, 2.75) is 51.0 Å². The van der Waals surface area contributed by atoms with E-state index >= 15 is 0 Å². The van der Waals surface area contributed by atoms with Crippen LogP contribution in [0.2, 0.25) is 0 Å². The molecule has 0 aliphatic carbocycles. The molecule has 4 rings (SSSR count). The molecule has 150 valence electrons. The van der Waals surface area contributed by atoms with Gasteiger partial charge < -0.3 is 9.42 Å². The molecule has 0 unspecified atom stereocenters. The lowest BCUT2D eigenvalue weighted by atomic mass is 9.87. The quantitative estimate of drug-likeness (QED) is 0.603. The van der Waals surface area contributed by atoms with Crippen molar-refractivity contribution in [1.29, 1.82) is 0 Å². The number of hydrogen-bond acceptors (Lipinski definition) is 5. The second-order valence-corrected chi connectivity index (χ2v) is 7.48. The molecule has 2 atom stereocenters. The maximum Gasteiger partial charge on any atom is 0.227 e. The van der Waals surface area contributed by atoms with E-state index in [1.165, 1.54) is 5.56 Å². The summed E-state index contributed by atoms with van der Waals surface area (Å²) in [5.74, 6) is 1.55. The second kappa shape index (κ2) is 8.99. The van der Waals surface area contributed by atoms with Gasteiger partial charge in [-0.05, 0) is 37.0 Å². The number of pyridine rings is 1. The van der Waals surface area contributed by atoms with Crippen LogP contribution in [0.15, 0.2) is 59.4 Å². The molecule has 6 nitrogen and oxygen atoms in total. The van der Waals surface area contributed by atoms with Gasteiger partial charge in [-0.3, -0.25) is 9.78 Å². The van der Waals surface area contributed by atoms with Gasteiger partial charge in [-0.15, -0.1) is 0 Å². The van der Waals surface area contributed by atoms with Crippen molar-refractivity contribution >= 4 is 5.91 Å². The zero-order valence-electron chi connectivity index (χ0n) is 16.7. The molecule has 1 aromatic carbocycles. The van der Waals surface area contributed by atoms with Gasteiger partial charge in [0.05, 0.1) is 0 Å². The Kier molecular flexibility index (Phi) is 5.98. The first-order valence-corrected chi connectivity index (χ1v) is 10.3. The van der Waals surface area contributed by atoms with E-state index in [0.717, 1.165) is 31.4 Å². The molecular weight excluding hydrogens is 364 g/mol. The molecular formula is C23H26N4O2. The lowest BCUT2D eigenvalue weighted by Gasteiger charge is -2.31. The molecule has 1 aliphatic heterocycles. The van der Waals surface area contributed by atoms with Gasteiger partial charge in [0, 0.05) is 49.3 Å². The Morgan fingerprint density at radius 3 is 2.86 bits per heavy atom. The number of rotatable bonds is 7. The Hall–Kier alpha value is -3.02. The first-order valence-electron chi connectivity index (χ1n) is 10.3. The third-order valence-corrected chi connectivity index (χ3v) is 5.69. The number of hydrogen-bond donors (Lipinski definition) is 0. The number of aryl methyl sites for hydroxylation is 1. The van der Waals surface area contributed by atoms with Crippen molar-refractivity contribution < 1.29 is 9.32 Å². The van der Waals surface area contributed by atoms with Gasteiger partial charge in [0.2, 0.25) is 17.6 Å². The Labute approximate surface area is 171 Å². The Balaban J connectivity index is 1.40. The molecule has 2 aromatic heterocycles. The maximum atomic E-state index is 13.0. The molecule has 3 aromatic rings. The average Bonchev–Trinajstić information content (AvgIpc) is 3.44. The highest BCUT2D eigenvalue weighted by Gasteiger charge is 2.34. The predicted octanol–water partition coefficient (Wildman–Crippen LogP) is 4.25. The normalized spacial score (nSPS) is 17.4. The molecule has 1 aliphatic rings. The number of benzene rings is 1. The zero-order valence-corrected chi connectivity index (χ0v) is 16.7. The van der Waals surface area contributed by atoms with E-state index in [2.05, 4.69) is 51.2 Å². The minimum atomic E-state index is 0.169. The number of carbonyl (C=O) groups is 1. The van der Waals surface area contributed by atoms with Gasteiger partial charge in [-0.1, -0.05) is 42.4 Å². The zero-order chi connectivity index (χ0) is 20.1. The van der Waals surface area contributed by atoms with Crippen molar-refractivity contribution in [3.8, 4) is 11.4 Å². The van der Waals surface area contributed by atoms with Crippen LogP contribution in [0.1, 0.15) is 50.0 Å². The van der Waals surface area contributed by atoms with Crippen LogP contribution < -0.4 is 0 Å². The van der Waals surface area contributed by atoms with Crippen LogP contribution in [0, 0.1) is 0 Å². The van der Waals surface area contributed by atoms with E-state index in [9.17, 15) is 4.79 Å². The Morgan fingerprint density at radius 2 is 2.10 bits per heavy atom. The van der Waals surface area contributed by atoms with Crippen molar-refractivity contribution in [2.24, 2.45) is 0 Å². The standard InChI is InChI=1S/C23H26N4O2/c1-2-19(17-8-4-3-5-9-17)20-11-7-15-27(20)22(28)13-12-21-25-23(26-29-21)18-10-6-14-24-16-18/h3-6,8-10,14,16,19-20H,2,7,11-13,15H2,1H3/t19-,20+/m1/s1. The number of nitrogens with zero attached hydrogens (tertiary/aromatic N) is 4. The number of likely N-dealkylation sites (tertiary alicyclic amines) is 1. The molecule has 1 amide bonds. The SMILES string of the molecule is CC[C@H](c1ccccc1)[C@@H]1CCCN1C(=O)CCc1nc(-c2cccnc2)no1. The largest absolute Gasteiger partial charge is 0.339 e. The van der Waals surface area contributed by atoms with Gasteiger partial charge in [-0.25, -0.2) is 0 Å². The summed E-state index contributed by atoms with van der Waals surface area (Å²) in [5, 5.41) is 4.01. The molecule has 1 saturated heterocycles. The average molecular weight is 390 g/mol. The minimum absolute atomic E-state index is 0.169. The fourth-order valence-electron chi connectivity index (χ4n) is 4.28. The lowest BCUT2D eigenvalue weighted by Crippen LogP contribution is -2.39. The topological polar surface area (TPSA) is 72.1 Å². The lowest BCUT2D eigenvalue weighted by molar-refractivity contribution is -0.132. The van der Waals surface area contributed by atoms with E-state index < -0.39 is 0 Å². The van der Waals surface area contributed by atoms with Crippen LogP contribution in [-0.2, 0) is 11.2 Å². The molecule has 29 heavy (non-hydrogen) atoms. The van der Waals surface area contributed by atoms with Gasteiger partial charge in [0.1, 0.15) is 0 Å².